The minimum Gasteiger partial charge on any atom is -0.468 e. The van der Waals surface area contributed by atoms with Gasteiger partial charge in [-0.3, -0.25) is 14.5 Å². The zero-order valence-electron chi connectivity index (χ0n) is 19.2. The molecule has 0 bridgehead atoms. The molecule has 1 aliphatic heterocycles. The molecule has 2 aromatic carbocycles. The van der Waals surface area contributed by atoms with Crippen LogP contribution < -0.4 is 5.32 Å². The molecule has 0 unspecified atom stereocenters. The van der Waals surface area contributed by atoms with Crippen LogP contribution in [0.3, 0.4) is 0 Å². The minimum absolute atomic E-state index is 0.130. The average molecular weight is 485 g/mol. The van der Waals surface area contributed by atoms with Gasteiger partial charge in [-0.05, 0) is 56.7 Å². The van der Waals surface area contributed by atoms with Gasteiger partial charge in [-0.2, -0.15) is 5.10 Å². The maximum Gasteiger partial charge on any atom is 0.323 e. The SMILES string of the molecule is COC(=O)[C@@H]1C[C@H](NC(=O)c2cccc(-n3nc(C)cc3C)c2)CN1Cc1c(F)cccc1Cl. The number of benzene rings is 2. The fourth-order valence-electron chi connectivity index (χ4n) is 4.39. The van der Waals surface area contributed by atoms with E-state index in [0.29, 0.717) is 24.1 Å². The second-order valence-electron chi connectivity index (χ2n) is 8.46. The maximum absolute atomic E-state index is 14.3. The molecule has 0 aliphatic carbocycles. The molecule has 2 heterocycles. The Morgan fingerprint density at radius 1 is 1.21 bits per heavy atom. The third-order valence-electron chi connectivity index (χ3n) is 6.00. The molecule has 0 saturated carbocycles. The zero-order valence-corrected chi connectivity index (χ0v) is 20.0. The van der Waals surface area contributed by atoms with Gasteiger partial charge in [0.25, 0.3) is 5.91 Å². The summed E-state index contributed by atoms with van der Waals surface area (Å²) in [5.74, 6) is -1.14. The van der Waals surface area contributed by atoms with Gasteiger partial charge >= 0.3 is 5.97 Å². The molecule has 7 nitrogen and oxygen atoms in total. The number of methoxy groups -OCH3 is 1. The van der Waals surface area contributed by atoms with Crippen LogP contribution in [-0.2, 0) is 16.1 Å². The summed E-state index contributed by atoms with van der Waals surface area (Å²) < 4.78 is 21.1. The lowest BCUT2D eigenvalue weighted by Gasteiger charge is -2.23. The molecule has 0 spiro atoms. The first kappa shape index (κ1) is 23.9. The Kier molecular flexibility index (Phi) is 7.00. The molecule has 3 aromatic rings. The molecule has 1 fully saturated rings. The van der Waals surface area contributed by atoms with Crippen LogP contribution in [-0.4, -0.2) is 52.3 Å². The quantitative estimate of drug-likeness (QED) is 0.538. The number of esters is 1. The van der Waals surface area contributed by atoms with E-state index in [1.165, 1.54) is 19.2 Å². The summed E-state index contributed by atoms with van der Waals surface area (Å²) in [5.41, 5.74) is 3.43. The smallest absolute Gasteiger partial charge is 0.323 e. The molecular formula is C25H26ClFN4O3. The first-order valence-corrected chi connectivity index (χ1v) is 11.3. The van der Waals surface area contributed by atoms with Gasteiger partial charge in [0.2, 0.25) is 0 Å². The van der Waals surface area contributed by atoms with Crippen molar-refractivity contribution < 1.29 is 18.7 Å². The third kappa shape index (κ3) is 4.98. The van der Waals surface area contributed by atoms with Crippen molar-refractivity contribution in [2.45, 2.75) is 38.9 Å². The Labute approximate surface area is 202 Å². The molecule has 0 radical (unpaired) electrons. The van der Waals surface area contributed by atoms with E-state index in [1.54, 1.807) is 33.8 Å². The molecule has 34 heavy (non-hydrogen) atoms. The monoisotopic (exact) mass is 484 g/mol. The largest absolute Gasteiger partial charge is 0.468 e. The fourth-order valence-corrected chi connectivity index (χ4v) is 4.61. The third-order valence-corrected chi connectivity index (χ3v) is 6.35. The Hall–Kier alpha value is -3.23. The maximum atomic E-state index is 14.3. The van der Waals surface area contributed by atoms with Gasteiger partial charge in [-0.1, -0.05) is 23.7 Å². The van der Waals surface area contributed by atoms with E-state index in [-0.39, 0.29) is 23.5 Å². The van der Waals surface area contributed by atoms with E-state index in [2.05, 4.69) is 10.4 Å². The van der Waals surface area contributed by atoms with Crippen molar-refractivity contribution in [3.63, 3.8) is 0 Å². The number of ether oxygens (including phenoxy) is 1. The van der Waals surface area contributed by atoms with Gasteiger partial charge in [0.05, 0.1) is 18.5 Å². The van der Waals surface area contributed by atoms with Crippen molar-refractivity contribution in [3.05, 3.63) is 81.9 Å². The Morgan fingerprint density at radius 3 is 2.65 bits per heavy atom. The lowest BCUT2D eigenvalue weighted by Crippen LogP contribution is -2.38. The highest BCUT2D eigenvalue weighted by Crippen LogP contribution is 2.27. The molecular weight excluding hydrogens is 459 g/mol. The number of halogens is 2. The number of nitrogens with zero attached hydrogens (tertiary/aromatic N) is 3. The number of nitrogens with one attached hydrogen (secondary N) is 1. The van der Waals surface area contributed by atoms with Crippen LogP contribution in [0.4, 0.5) is 4.39 Å². The van der Waals surface area contributed by atoms with Gasteiger partial charge in [-0.25, -0.2) is 9.07 Å². The summed E-state index contributed by atoms with van der Waals surface area (Å²) in [6, 6.07) is 12.7. The van der Waals surface area contributed by atoms with E-state index >= 15 is 0 Å². The summed E-state index contributed by atoms with van der Waals surface area (Å²) in [4.78, 5) is 27.2. The van der Waals surface area contributed by atoms with Crippen molar-refractivity contribution in [2.24, 2.45) is 0 Å². The zero-order chi connectivity index (χ0) is 24.4. The molecule has 1 aliphatic rings. The number of rotatable bonds is 6. The van der Waals surface area contributed by atoms with Crippen LogP contribution in [0.2, 0.25) is 5.02 Å². The van der Waals surface area contributed by atoms with Crippen molar-refractivity contribution >= 4 is 23.5 Å². The van der Waals surface area contributed by atoms with Crippen LogP contribution in [0.15, 0.2) is 48.5 Å². The van der Waals surface area contributed by atoms with E-state index in [0.717, 1.165) is 17.1 Å². The minimum atomic E-state index is -0.619. The highest BCUT2D eigenvalue weighted by molar-refractivity contribution is 6.31. The first-order chi connectivity index (χ1) is 16.3. The summed E-state index contributed by atoms with van der Waals surface area (Å²) >= 11 is 6.19. The number of carbonyl (C=O) groups excluding carboxylic acids is 2. The van der Waals surface area contributed by atoms with Gasteiger partial charge in [-0.15, -0.1) is 0 Å². The molecule has 1 saturated heterocycles. The summed E-state index contributed by atoms with van der Waals surface area (Å²) in [6.07, 6.45) is 0.349. The number of aryl methyl sites for hydroxylation is 2. The number of aromatic nitrogens is 2. The summed E-state index contributed by atoms with van der Waals surface area (Å²) in [7, 11) is 1.31. The van der Waals surface area contributed by atoms with Crippen LogP contribution >= 0.6 is 11.6 Å². The van der Waals surface area contributed by atoms with Crippen molar-refractivity contribution in [1.82, 2.24) is 20.0 Å². The summed E-state index contributed by atoms with van der Waals surface area (Å²) in [6.45, 7) is 4.35. The molecule has 178 valence electrons. The predicted molar refractivity (Wildman–Crippen MR) is 127 cm³/mol. The lowest BCUT2D eigenvalue weighted by molar-refractivity contribution is -0.146. The van der Waals surface area contributed by atoms with Crippen LogP contribution in [0.1, 0.15) is 33.7 Å². The van der Waals surface area contributed by atoms with Gasteiger partial charge in [0, 0.05) is 41.0 Å². The number of likely N-dealkylation sites (tertiary alicyclic amines) is 1. The lowest BCUT2D eigenvalue weighted by atomic mass is 10.1. The number of hydrogen-bond acceptors (Lipinski definition) is 5. The normalized spacial score (nSPS) is 18.1. The van der Waals surface area contributed by atoms with Crippen LogP contribution in [0, 0.1) is 19.7 Å². The Bertz CT molecular complexity index is 1210. The Morgan fingerprint density at radius 2 is 1.97 bits per heavy atom. The fraction of sp³-hybridized carbons (Fsp3) is 0.320. The Balaban J connectivity index is 1.50. The van der Waals surface area contributed by atoms with E-state index < -0.39 is 17.8 Å². The first-order valence-electron chi connectivity index (χ1n) is 11.0. The average Bonchev–Trinajstić information content (AvgIpc) is 3.37. The number of hydrogen-bond donors (Lipinski definition) is 1. The van der Waals surface area contributed by atoms with Crippen LogP contribution in [0.25, 0.3) is 5.69 Å². The van der Waals surface area contributed by atoms with Crippen molar-refractivity contribution in [2.75, 3.05) is 13.7 Å². The van der Waals surface area contributed by atoms with Crippen molar-refractivity contribution in [3.8, 4) is 5.69 Å². The van der Waals surface area contributed by atoms with Gasteiger partial charge in [0.1, 0.15) is 11.9 Å². The van der Waals surface area contributed by atoms with Crippen LogP contribution in [0.5, 0.6) is 0 Å². The molecule has 4 rings (SSSR count). The molecule has 2 atom stereocenters. The van der Waals surface area contributed by atoms with E-state index in [9.17, 15) is 14.0 Å². The standard InChI is InChI=1S/C25H26ClFN4O3/c1-15-10-16(2)31(29-15)19-7-4-6-17(11-19)24(32)28-18-12-23(25(33)34-3)30(13-18)14-20-21(26)8-5-9-22(20)27/h4-11,18,23H,12-14H2,1-3H3,(H,28,32)/t18-,23-/m0/s1. The highest BCUT2D eigenvalue weighted by atomic mass is 35.5. The second-order valence-corrected chi connectivity index (χ2v) is 8.87. The van der Waals surface area contributed by atoms with Gasteiger partial charge < -0.3 is 10.1 Å². The number of amides is 1. The van der Waals surface area contributed by atoms with E-state index in [4.69, 9.17) is 16.3 Å². The predicted octanol–water partition coefficient (Wildman–Crippen LogP) is 3.83. The number of carbonyl (C=O) groups is 2. The van der Waals surface area contributed by atoms with Crippen molar-refractivity contribution in [1.29, 1.82) is 0 Å². The topological polar surface area (TPSA) is 76.5 Å². The van der Waals surface area contributed by atoms with Gasteiger partial charge in [0.15, 0.2) is 0 Å². The molecule has 1 aromatic heterocycles. The molecule has 1 N–H and O–H groups in total. The molecule has 9 heteroatoms. The second kappa shape index (κ2) is 9.95. The summed E-state index contributed by atoms with van der Waals surface area (Å²) in [5, 5.41) is 7.76. The van der Waals surface area contributed by atoms with E-state index in [1.807, 2.05) is 26.0 Å². The highest BCUT2D eigenvalue weighted by Gasteiger charge is 2.38. The molecule has 1 amide bonds.